The Hall–Kier alpha value is -0.570. The van der Waals surface area contributed by atoms with Crippen molar-refractivity contribution in [1.82, 2.24) is 9.78 Å². The highest BCUT2D eigenvalue weighted by molar-refractivity contribution is 6.16. The van der Waals surface area contributed by atoms with E-state index in [9.17, 15) is 4.39 Å². The molecule has 0 amide bonds. The van der Waals surface area contributed by atoms with Crippen LogP contribution in [0.1, 0.15) is 5.69 Å². The van der Waals surface area contributed by atoms with E-state index >= 15 is 0 Å². The number of aromatic nitrogens is 2. The molecule has 0 radical (unpaired) electrons. The molecule has 2 nitrogen and oxygen atoms in total. The number of aryl methyl sites for hydroxylation is 1. The van der Waals surface area contributed by atoms with Crippen LogP contribution in [0.4, 0.5) is 4.39 Å². The van der Waals surface area contributed by atoms with E-state index in [0.717, 1.165) is 5.69 Å². The normalized spacial score (nSPS) is 10.2. The average Bonchev–Trinajstić information content (AvgIpc) is 2.37. The molecule has 0 aliphatic rings. The van der Waals surface area contributed by atoms with Gasteiger partial charge in [-0.2, -0.15) is 5.10 Å². The lowest BCUT2D eigenvalue weighted by molar-refractivity contribution is 0.426. The van der Waals surface area contributed by atoms with Crippen molar-refractivity contribution in [1.29, 1.82) is 0 Å². The Kier molecular flexibility index (Phi) is 2.68. The fraction of sp³-hybridized carbons (Fsp3) is 0.500. The minimum absolute atomic E-state index is 0.316. The highest BCUT2D eigenvalue weighted by Gasteiger charge is 1.94. The Bertz CT molecular complexity index is 199. The molecule has 0 saturated carbocycles. The largest absolute Gasteiger partial charge is 0.270 e. The Morgan fingerprint density at radius 1 is 1.70 bits per heavy atom. The zero-order valence-electron chi connectivity index (χ0n) is 5.43. The van der Waals surface area contributed by atoms with Crippen LogP contribution < -0.4 is 0 Å². The van der Waals surface area contributed by atoms with Crippen LogP contribution in [0.5, 0.6) is 0 Å². The van der Waals surface area contributed by atoms with Gasteiger partial charge in [-0.15, -0.1) is 11.6 Å². The van der Waals surface area contributed by atoms with Gasteiger partial charge in [-0.25, -0.2) is 4.39 Å². The second-order valence-corrected chi connectivity index (χ2v) is 2.16. The highest BCUT2D eigenvalue weighted by Crippen LogP contribution is 1.98. The second-order valence-electron chi connectivity index (χ2n) is 1.89. The molecule has 0 atom stereocenters. The Balaban J connectivity index is 2.59. The molecule has 4 heteroatoms. The van der Waals surface area contributed by atoms with Crippen molar-refractivity contribution in [3.05, 3.63) is 18.0 Å². The van der Waals surface area contributed by atoms with Crippen LogP contribution in [0.15, 0.2) is 12.3 Å². The van der Waals surface area contributed by atoms with Gasteiger partial charge in [0.1, 0.15) is 6.67 Å². The van der Waals surface area contributed by atoms with Crippen molar-refractivity contribution in [2.24, 2.45) is 0 Å². The summed E-state index contributed by atoms with van der Waals surface area (Å²) in [5, 5.41) is 3.96. The third-order valence-corrected chi connectivity index (χ3v) is 1.42. The maximum absolute atomic E-state index is 11.7. The van der Waals surface area contributed by atoms with Crippen molar-refractivity contribution < 1.29 is 4.39 Å². The van der Waals surface area contributed by atoms with E-state index in [1.54, 1.807) is 12.3 Å². The summed E-state index contributed by atoms with van der Waals surface area (Å²) in [4.78, 5) is 0. The molecule has 1 aromatic heterocycles. The molecule has 0 spiro atoms. The van der Waals surface area contributed by atoms with Crippen LogP contribution in [-0.2, 0) is 12.4 Å². The first-order valence-corrected chi connectivity index (χ1v) is 3.54. The SMILES string of the molecule is FCCn1ccc(CCl)n1. The summed E-state index contributed by atoms with van der Waals surface area (Å²) in [6.07, 6.45) is 1.72. The lowest BCUT2D eigenvalue weighted by Crippen LogP contribution is -2.00. The van der Waals surface area contributed by atoms with Gasteiger partial charge >= 0.3 is 0 Å². The molecule has 1 rings (SSSR count). The zero-order chi connectivity index (χ0) is 7.40. The summed E-state index contributed by atoms with van der Waals surface area (Å²) in [7, 11) is 0. The van der Waals surface area contributed by atoms with Crippen LogP contribution >= 0.6 is 11.6 Å². The highest BCUT2D eigenvalue weighted by atomic mass is 35.5. The monoisotopic (exact) mass is 162 g/mol. The maximum Gasteiger partial charge on any atom is 0.109 e. The zero-order valence-corrected chi connectivity index (χ0v) is 6.18. The van der Waals surface area contributed by atoms with Crippen LogP contribution in [0.2, 0.25) is 0 Å². The summed E-state index contributed by atoms with van der Waals surface area (Å²) >= 11 is 5.47. The molecule has 0 aromatic carbocycles. The molecule has 0 unspecified atom stereocenters. The number of alkyl halides is 2. The molecule has 0 aliphatic carbocycles. The van der Waals surface area contributed by atoms with Gasteiger partial charge in [0.15, 0.2) is 0 Å². The van der Waals surface area contributed by atoms with E-state index in [-0.39, 0.29) is 6.67 Å². The standard InChI is InChI=1S/C6H8ClFN2/c7-5-6-1-3-10(9-6)4-2-8/h1,3H,2,4-5H2. The number of hydrogen-bond acceptors (Lipinski definition) is 1. The third-order valence-electron chi connectivity index (χ3n) is 1.15. The van der Waals surface area contributed by atoms with E-state index in [1.807, 2.05) is 0 Å². The molecular formula is C6H8ClFN2. The first kappa shape index (κ1) is 7.54. The molecule has 56 valence electrons. The van der Waals surface area contributed by atoms with Gasteiger partial charge in [-0.3, -0.25) is 4.68 Å². The van der Waals surface area contributed by atoms with Crippen LogP contribution in [0.25, 0.3) is 0 Å². The minimum Gasteiger partial charge on any atom is -0.270 e. The maximum atomic E-state index is 11.7. The molecule has 0 aliphatic heterocycles. The van der Waals surface area contributed by atoms with Gasteiger partial charge in [0.25, 0.3) is 0 Å². The van der Waals surface area contributed by atoms with E-state index in [2.05, 4.69) is 5.10 Å². The lowest BCUT2D eigenvalue weighted by Gasteiger charge is -1.92. The fourth-order valence-corrected chi connectivity index (χ4v) is 0.829. The number of nitrogens with zero attached hydrogens (tertiary/aromatic N) is 2. The van der Waals surface area contributed by atoms with Gasteiger partial charge in [0.2, 0.25) is 0 Å². The molecule has 0 bridgehead atoms. The quantitative estimate of drug-likeness (QED) is 0.618. The first-order chi connectivity index (χ1) is 4.86. The molecular weight excluding hydrogens is 155 g/mol. The minimum atomic E-state index is -0.386. The van der Waals surface area contributed by atoms with Crippen molar-refractivity contribution in [2.45, 2.75) is 12.4 Å². The van der Waals surface area contributed by atoms with Gasteiger partial charge < -0.3 is 0 Å². The summed E-state index contributed by atoms with van der Waals surface area (Å²) in [5.74, 6) is 0.388. The fourth-order valence-electron chi connectivity index (χ4n) is 0.686. The van der Waals surface area contributed by atoms with Gasteiger partial charge in [0, 0.05) is 6.20 Å². The van der Waals surface area contributed by atoms with Crippen molar-refractivity contribution in [3.63, 3.8) is 0 Å². The van der Waals surface area contributed by atoms with Crippen LogP contribution in [0, 0.1) is 0 Å². The number of rotatable bonds is 3. The number of hydrogen-bond donors (Lipinski definition) is 0. The summed E-state index contributed by atoms with van der Waals surface area (Å²) < 4.78 is 13.2. The molecule has 1 aromatic rings. The Labute approximate surface area is 63.6 Å². The molecule has 0 saturated heterocycles. The summed E-state index contributed by atoms with van der Waals surface area (Å²) in [5.41, 5.74) is 0.787. The molecule has 10 heavy (non-hydrogen) atoms. The van der Waals surface area contributed by atoms with Crippen LogP contribution in [0.3, 0.4) is 0 Å². The number of halogens is 2. The van der Waals surface area contributed by atoms with E-state index in [0.29, 0.717) is 12.4 Å². The van der Waals surface area contributed by atoms with Gasteiger partial charge in [0.05, 0.1) is 18.1 Å². The summed E-state index contributed by atoms with van der Waals surface area (Å²) in [6.45, 7) is -0.0692. The topological polar surface area (TPSA) is 17.8 Å². The Morgan fingerprint density at radius 2 is 2.50 bits per heavy atom. The Morgan fingerprint density at radius 3 is 3.00 bits per heavy atom. The van der Waals surface area contributed by atoms with Crippen molar-refractivity contribution >= 4 is 11.6 Å². The predicted octanol–water partition coefficient (Wildman–Crippen LogP) is 1.59. The van der Waals surface area contributed by atoms with E-state index in [4.69, 9.17) is 11.6 Å². The smallest absolute Gasteiger partial charge is 0.109 e. The van der Waals surface area contributed by atoms with Crippen LogP contribution in [-0.4, -0.2) is 16.5 Å². The molecule has 0 N–H and O–H groups in total. The van der Waals surface area contributed by atoms with Gasteiger partial charge in [-0.1, -0.05) is 0 Å². The average molecular weight is 163 g/mol. The van der Waals surface area contributed by atoms with Crippen molar-refractivity contribution in [3.8, 4) is 0 Å². The lowest BCUT2D eigenvalue weighted by atomic mass is 10.5. The van der Waals surface area contributed by atoms with E-state index < -0.39 is 0 Å². The predicted molar refractivity (Wildman–Crippen MR) is 37.8 cm³/mol. The third kappa shape index (κ3) is 1.70. The summed E-state index contributed by atoms with van der Waals surface area (Å²) in [6, 6.07) is 1.78. The van der Waals surface area contributed by atoms with Crippen molar-refractivity contribution in [2.75, 3.05) is 6.67 Å². The second kappa shape index (κ2) is 3.56. The molecule has 0 fully saturated rings. The first-order valence-electron chi connectivity index (χ1n) is 3.01. The van der Waals surface area contributed by atoms with E-state index in [1.165, 1.54) is 4.68 Å². The molecule has 1 heterocycles. The van der Waals surface area contributed by atoms with Gasteiger partial charge in [-0.05, 0) is 6.07 Å².